The van der Waals surface area contributed by atoms with Crippen LogP contribution in [0.5, 0.6) is 0 Å². The van der Waals surface area contributed by atoms with Gasteiger partial charge >= 0.3 is 0 Å². The van der Waals surface area contributed by atoms with E-state index in [1.165, 1.54) is 0 Å². The molecule has 0 aromatic carbocycles. The highest BCUT2D eigenvalue weighted by atomic mass is 13.7. The van der Waals surface area contributed by atoms with Crippen molar-refractivity contribution in [3.63, 3.8) is 0 Å². The van der Waals surface area contributed by atoms with Crippen LogP contribution < -0.4 is 0 Å². The van der Waals surface area contributed by atoms with Gasteiger partial charge in [0, 0.05) is 0 Å². The molecule has 0 amide bonds. The van der Waals surface area contributed by atoms with Crippen LogP contribution in [0.15, 0.2) is 37.0 Å². The molecule has 0 saturated carbocycles. The first-order valence-corrected chi connectivity index (χ1v) is 3.34. The summed E-state index contributed by atoms with van der Waals surface area (Å²) in [5.41, 5.74) is 0. The molecule has 0 aliphatic heterocycles. The lowest BCUT2D eigenvalue weighted by Gasteiger charge is -1.78. The van der Waals surface area contributed by atoms with Gasteiger partial charge in [-0.2, -0.15) is 0 Å². The number of hydrogen-bond donors (Lipinski definition) is 0. The number of allylic oxidation sites excluding steroid dienone is 5. The largest absolute Gasteiger partial charge is 0.0991 e. The van der Waals surface area contributed by atoms with E-state index in [-0.39, 0.29) is 0 Å². The summed E-state index contributed by atoms with van der Waals surface area (Å²) in [6.45, 7) is 5.70. The van der Waals surface area contributed by atoms with Crippen molar-refractivity contribution in [1.82, 2.24) is 0 Å². The van der Waals surface area contributed by atoms with Crippen molar-refractivity contribution in [2.24, 2.45) is 0 Å². The maximum absolute atomic E-state index is 3.57. The Morgan fingerprint density at radius 3 is 2.56 bits per heavy atom. The average molecular weight is 122 g/mol. The van der Waals surface area contributed by atoms with Gasteiger partial charge < -0.3 is 0 Å². The van der Waals surface area contributed by atoms with Gasteiger partial charge in [0.25, 0.3) is 0 Å². The first kappa shape index (κ1) is 8.22. The smallest absolute Gasteiger partial charge is 0.0166 e. The summed E-state index contributed by atoms with van der Waals surface area (Å²) in [5.74, 6) is 0. The average Bonchev–Trinajstić information content (AvgIpc) is 1.89. The molecule has 0 saturated heterocycles. The quantitative estimate of drug-likeness (QED) is 0.397. The van der Waals surface area contributed by atoms with Crippen LogP contribution in [-0.4, -0.2) is 0 Å². The van der Waals surface area contributed by atoms with Crippen LogP contribution in [-0.2, 0) is 0 Å². The van der Waals surface area contributed by atoms with Gasteiger partial charge in [-0.25, -0.2) is 0 Å². The summed E-state index contributed by atoms with van der Waals surface area (Å²) < 4.78 is 0. The highest BCUT2D eigenvalue weighted by Gasteiger charge is 1.66. The second-order valence-corrected chi connectivity index (χ2v) is 1.78. The molecule has 0 heteroatoms. The fraction of sp³-hybridized carbons (Fsp3) is 0.333. The molecule has 0 spiro atoms. The Morgan fingerprint density at radius 1 is 1.22 bits per heavy atom. The van der Waals surface area contributed by atoms with Gasteiger partial charge in [-0.1, -0.05) is 43.9 Å². The van der Waals surface area contributed by atoms with Crippen molar-refractivity contribution in [3.8, 4) is 0 Å². The van der Waals surface area contributed by atoms with Crippen molar-refractivity contribution in [3.05, 3.63) is 37.0 Å². The maximum Gasteiger partial charge on any atom is -0.0166 e. The molecule has 0 atom stereocenters. The summed E-state index contributed by atoms with van der Waals surface area (Å²) in [6.07, 6.45) is 12.3. The molecule has 0 fully saturated rings. The maximum atomic E-state index is 3.57. The van der Waals surface area contributed by atoms with Crippen molar-refractivity contribution < 1.29 is 0 Å². The Labute approximate surface area is 57.6 Å². The summed E-state index contributed by atoms with van der Waals surface area (Å²) >= 11 is 0. The van der Waals surface area contributed by atoms with Crippen LogP contribution in [0.4, 0.5) is 0 Å². The summed E-state index contributed by atoms with van der Waals surface area (Å²) in [7, 11) is 0. The zero-order chi connectivity index (χ0) is 6.95. The predicted molar refractivity (Wildman–Crippen MR) is 43.4 cm³/mol. The van der Waals surface area contributed by atoms with Crippen LogP contribution in [0.1, 0.15) is 19.8 Å². The van der Waals surface area contributed by atoms with Gasteiger partial charge in [0.1, 0.15) is 0 Å². The Bertz CT molecular complexity index is 107. The molecular weight excluding hydrogens is 108 g/mol. The Kier molecular flexibility index (Phi) is 6.59. The van der Waals surface area contributed by atoms with Crippen molar-refractivity contribution in [2.75, 3.05) is 0 Å². The highest BCUT2D eigenvalue weighted by Crippen LogP contribution is 1.87. The minimum atomic E-state index is 1.03. The molecule has 0 unspecified atom stereocenters. The van der Waals surface area contributed by atoms with Crippen LogP contribution in [0.2, 0.25) is 0 Å². The summed E-state index contributed by atoms with van der Waals surface area (Å²) in [4.78, 5) is 0. The van der Waals surface area contributed by atoms with Crippen molar-refractivity contribution >= 4 is 0 Å². The van der Waals surface area contributed by atoms with Crippen LogP contribution in [0.25, 0.3) is 0 Å². The molecule has 0 radical (unpaired) electrons. The number of rotatable bonds is 4. The number of hydrogen-bond acceptors (Lipinski definition) is 0. The summed E-state index contributed by atoms with van der Waals surface area (Å²) in [6, 6.07) is 0. The first-order valence-electron chi connectivity index (χ1n) is 3.34. The van der Waals surface area contributed by atoms with Gasteiger partial charge in [-0.15, -0.1) is 0 Å². The lowest BCUT2D eigenvalue weighted by Crippen LogP contribution is -1.56. The minimum Gasteiger partial charge on any atom is -0.0991 e. The third kappa shape index (κ3) is 7.22. The molecule has 0 nitrogen and oxygen atoms in total. The predicted octanol–water partition coefficient (Wildman–Crippen LogP) is 3.08. The molecule has 0 aromatic heterocycles. The van der Waals surface area contributed by atoms with Gasteiger partial charge in [-0.05, 0) is 12.8 Å². The second kappa shape index (κ2) is 7.22. The fourth-order valence-electron chi connectivity index (χ4n) is 0.516. The zero-order valence-electron chi connectivity index (χ0n) is 6.01. The van der Waals surface area contributed by atoms with E-state index >= 15 is 0 Å². The minimum absolute atomic E-state index is 1.03. The van der Waals surface area contributed by atoms with Gasteiger partial charge in [-0.3, -0.25) is 0 Å². The van der Waals surface area contributed by atoms with E-state index in [2.05, 4.69) is 31.7 Å². The molecular formula is C9H14. The highest BCUT2D eigenvalue weighted by molar-refractivity contribution is 5.00. The van der Waals surface area contributed by atoms with Gasteiger partial charge in [0.2, 0.25) is 0 Å². The molecule has 0 N–H and O–H groups in total. The SMILES string of the molecule is C=CC=CC/C=C\CC. The van der Waals surface area contributed by atoms with Crippen molar-refractivity contribution in [1.29, 1.82) is 0 Å². The Hall–Kier alpha value is -0.780. The first-order chi connectivity index (χ1) is 4.41. The Balaban J connectivity index is 3.17. The molecule has 0 aromatic rings. The van der Waals surface area contributed by atoms with Crippen LogP contribution in [0, 0.1) is 0 Å². The van der Waals surface area contributed by atoms with E-state index in [0.717, 1.165) is 12.8 Å². The molecule has 0 heterocycles. The van der Waals surface area contributed by atoms with Gasteiger partial charge in [0.15, 0.2) is 0 Å². The van der Waals surface area contributed by atoms with Crippen LogP contribution >= 0.6 is 0 Å². The molecule has 0 rings (SSSR count). The van der Waals surface area contributed by atoms with Crippen molar-refractivity contribution in [2.45, 2.75) is 19.8 Å². The lowest BCUT2D eigenvalue weighted by atomic mass is 10.3. The van der Waals surface area contributed by atoms with E-state index < -0.39 is 0 Å². The van der Waals surface area contributed by atoms with E-state index in [4.69, 9.17) is 0 Å². The summed E-state index contributed by atoms with van der Waals surface area (Å²) in [5, 5.41) is 0. The second-order valence-electron chi connectivity index (χ2n) is 1.78. The van der Waals surface area contributed by atoms with E-state index in [9.17, 15) is 0 Å². The third-order valence-corrected chi connectivity index (χ3v) is 0.947. The van der Waals surface area contributed by atoms with E-state index in [0.29, 0.717) is 0 Å². The Morgan fingerprint density at radius 2 is 2.00 bits per heavy atom. The van der Waals surface area contributed by atoms with E-state index in [1.807, 2.05) is 6.08 Å². The van der Waals surface area contributed by atoms with Crippen LogP contribution in [0.3, 0.4) is 0 Å². The molecule has 0 aliphatic rings. The molecule has 0 aliphatic carbocycles. The van der Waals surface area contributed by atoms with E-state index in [1.54, 1.807) is 6.08 Å². The standard InChI is InChI=1S/C9H14/c1-3-5-7-9-8-6-4-2/h3,5-8H,1,4,9H2,2H3/b7-5?,8-6-. The zero-order valence-corrected chi connectivity index (χ0v) is 6.01. The normalized spacial score (nSPS) is 11.2. The molecule has 50 valence electrons. The third-order valence-electron chi connectivity index (χ3n) is 0.947. The molecule has 0 bridgehead atoms. The van der Waals surface area contributed by atoms with Gasteiger partial charge in [0.05, 0.1) is 0 Å². The topological polar surface area (TPSA) is 0 Å². The monoisotopic (exact) mass is 122 g/mol. The lowest BCUT2D eigenvalue weighted by molar-refractivity contribution is 1.20. The fourth-order valence-corrected chi connectivity index (χ4v) is 0.516. The molecule has 9 heavy (non-hydrogen) atoms.